The van der Waals surface area contributed by atoms with Crippen LogP contribution in [0, 0.1) is 11.3 Å². The average Bonchev–Trinajstić information content (AvgIpc) is 3.27. The lowest BCUT2D eigenvalue weighted by Gasteiger charge is -2.30. The summed E-state index contributed by atoms with van der Waals surface area (Å²) in [6.07, 6.45) is 0. The third-order valence-corrected chi connectivity index (χ3v) is 7.30. The van der Waals surface area contributed by atoms with E-state index in [9.17, 15) is 10.1 Å². The Labute approximate surface area is 226 Å². The standard InChI is InChI=1S/C28H26Cl3N3O2/c1-4-36-23-15-19(27(2,3)16-32)9-14-22(23)28(26(31)35)33-24(17-5-10-20(29)11-6-17)25(34-28)18-7-12-21(30)13-8-18/h5-15,24-25,33-34H,4H2,1-3H3/t24-,25+,28?. The first-order chi connectivity index (χ1) is 17.1. The van der Waals surface area contributed by atoms with Crippen molar-refractivity contribution in [3.8, 4) is 11.8 Å². The lowest BCUT2D eigenvalue weighted by atomic mass is 9.84. The molecule has 5 nitrogen and oxygen atoms in total. The predicted molar refractivity (Wildman–Crippen MR) is 143 cm³/mol. The number of hydrogen-bond acceptors (Lipinski definition) is 5. The lowest BCUT2D eigenvalue weighted by Crippen LogP contribution is -2.51. The molecule has 8 heteroatoms. The molecule has 36 heavy (non-hydrogen) atoms. The highest BCUT2D eigenvalue weighted by Gasteiger charge is 2.52. The summed E-state index contributed by atoms with van der Waals surface area (Å²) in [6.45, 7) is 5.90. The number of nitriles is 1. The van der Waals surface area contributed by atoms with Gasteiger partial charge < -0.3 is 4.74 Å². The molecule has 4 rings (SSSR count). The van der Waals surface area contributed by atoms with Gasteiger partial charge in [0, 0.05) is 15.6 Å². The number of nitrogens with one attached hydrogen (secondary N) is 2. The highest BCUT2D eigenvalue weighted by molar-refractivity contribution is 6.65. The van der Waals surface area contributed by atoms with E-state index in [4.69, 9.17) is 39.5 Å². The molecule has 0 aliphatic carbocycles. The molecule has 0 saturated carbocycles. The Balaban J connectivity index is 1.88. The van der Waals surface area contributed by atoms with Gasteiger partial charge in [0.15, 0.2) is 5.66 Å². The van der Waals surface area contributed by atoms with E-state index in [0.29, 0.717) is 28.0 Å². The Kier molecular flexibility index (Phi) is 7.66. The van der Waals surface area contributed by atoms with Crippen molar-refractivity contribution in [3.63, 3.8) is 0 Å². The van der Waals surface area contributed by atoms with Gasteiger partial charge in [-0.25, -0.2) is 0 Å². The Morgan fingerprint density at radius 2 is 1.47 bits per heavy atom. The number of benzene rings is 3. The van der Waals surface area contributed by atoms with Crippen LogP contribution in [-0.2, 0) is 15.9 Å². The van der Waals surface area contributed by atoms with Gasteiger partial charge in [-0.15, -0.1) is 0 Å². The largest absolute Gasteiger partial charge is 0.493 e. The fraction of sp³-hybridized carbons (Fsp3) is 0.286. The van der Waals surface area contributed by atoms with Gasteiger partial charge in [-0.2, -0.15) is 5.26 Å². The van der Waals surface area contributed by atoms with Crippen LogP contribution in [0.1, 0.15) is 55.1 Å². The summed E-state index contributed by atoms with van der Waals surface area (Å²) in [5.41, 5.74) is 0.957. The van der Waals surface area contributed by atoms with E-state index in [1.807, 2.05) is 75.4 Å². The first-order valence-corrected chi connectivity index (χ1v) is 12.7. The molecule has 0 bridgehead atoms. The van der Waals surface area contributed by atoms with Crippen LogP contribution in [0.2, 0.25) is 10.0 Å². The van der Waals surface area contributed by atoms with Crippen molar-refractivity contribution in [3.05, 3.63) is 99.0 Å². The van der Waals surface area contributed by atoms with Crippen LogP contribution < -0.4 is 15.4 Å². The number of hydrogen-bond donors (Lipinski definition) is 2. The van der Waals surface area contributed by atoms with Crippen LogP contribution >= 0.6 is 34.8 Å². The second kappa shape index (κ2) is 10.4. The maximum atomic E-state index is 13.2. The molecule has 0 aromatic heterocycles. The molecular weight excluding hydrogens is 517 g/mol. The molecular formula is C28H26Cl3N3O2. The third kappa shape index (κ3) is 4.98. The molecule has 3 atom stereocenters. The summed E-state index contributed by atoms with van der Waals surface area (Å²) in [4.78, 5) is 13.2. The van der Waals surface area contributed by atoms with E-state index < -0.39 is 16.3 Å². The molecule has 1 fully saturated rings. The minimum atomic E-state index is -1.46. The molecule has 3 aromatic carbocycles. The van der Waals surface area contributed by atoms with Crippen molar-refractivity contribution in [2.45, 2.75) is 43.9 Å². The van der Waals surface area contributed by atoms with Crippen molar-refractivity contribution in [2.75, 3.05) is 6.61 Å². The maximum Gasteiger partial charge on any atom is 0.261 e. The number of halogens is 3. The second-order valence-corrected chi connectivity index (χ2v) is 10.5. The molecule has 186 valence electrons. The van der Waals surface area contributed by atoms with Crippen LogP contribution in [0.3, 0.4) is 0 Å². The van der Waals surface area contributed by atoms with Crippen molar-refractivity contribution in [1.82, 2.24) is 10.6 Å². The Morgan fingerprint density at radius 3 is 1.89 bits per heavy atom. The molecule has 0 amide bonds. The molecule has 2 N–H and O–H groups in total. The van der Waals surface area contributed by atoms with E-state index in [1.165, 1.54) is 0 Å². The third-order valence-electron chi connectivity index (χ3n) is 6.52. The number of rotatable bonds is 7. The monoisotopic (exact) mass is 541 g/mol. The van der Waals surface area contributed by atoms with Crippen LogP contribution in [0.15, 0.2) is 66.7 Å². The van der Waals surface area contributed by atoms with Crippen molar-refractivity contribution >= 4 is 40.0 Å². The normalized spacial score (nSPS) is 21.7. The number of ether oxygens (including phenoxy) is 1. The Morgan fingerprint density at radius 1 is 0.972 bits per heavy atom. The number of carbonyl (C=O) groups excluding carboxylic acids is 1. The summed E-state index contributed by atoms with van der Waals surface area (Å²) >= 11 is 18.6. The fourth-order valence-electron chi connectivity index (χ4n) is 4.50. The molecule has 0 radical (unpaired) electrons. The molecule has 1 aliphatic heterocycles. The van der Waals surface area contributed by atoms with Gasteiger partial charge in [0.2, 0.25) is 0 Å². The average molecular weight is 543 g/mol. The SMILES string of the molecule is CCOc1cc(C(C)(C)C#N)ccc1C1(C(=O)Cl)N[C@H](c2ccc(Cl)cc2)[C@H](c2ccc(Cl)cc2)N1. The maximum absolute atomic E-state index is 13.2. The summed E-state index contributed by atoms with van der Waals surface area (Å²) in [5, 5.41) is 17.2. The van der Waals surface area contributed by atoms with E-state index >= 15 is 0 Å². The van der Waals surface area contributed by atoms with Crippen LogP contribution in [0.25, 0.3) is 0 Å². The highest BCUT2D eigenvalue weighted by Crippen LogP contribution is 2.45. The van der Waals surface area contributed by atoms with Gasteiger partial charge in [-0.3, -0.25) is 15.4 Å². The van der Waals surface area contributed by atoms with E-state index in [-0.39, 0.29) is 12.1 Å². The van der Waals surface area contributed by atoms with Crippen LogP contribution in [0.5, 0.6) is 5.75 Å². The van der Waals surface area contributed by atoms with E-state index in [2.05, 4.69) is 16.7 Å². The summed E-state index contributed by atoms with van der Waals surface area (Å²) in [5.74, 6) is 0.471. The number of nitrogens with zero attached hydrogens (tertiary/aromatic N) is 1. The van der Waals surface area contributed by atoms with Gasteiger partial charge in [0.25, 0.3) is 5.24 Å². The zero-order valence-corrected chi connectivity index (χ0v) is 22.4. The Bertz CT molecular complexity index is 1250. The molecule has 1 aliphatic rings. The minimum absolute atomic E-state index is 0.337. The molecule has 1 unspecified atom stereocenters. The predicted octanol–water partition coefficient (Wildman–Crippen LogP) is 6.79. The second-order valence-electron chi connectivity index (χ2n) is 9.25. The topological polar surface area (TPSA) is 74.1 Å². The lowest BCUT2D eigenvalue weighted by molar-refractivity contribution is -0.118. The van der Waals surface area contributed by atoms with Gasteiger partial charge in [0.1, 0.15) is 5.75 Å². The highest BCUT2D eigenvalue weighted by atomic mass is 35.5. The molecule has 1 saturated heterocycles. The first kappa shape index (κ1) is 26.5. The molecule has 3 aromatic rings. The zero-order chi connectivity index (χ0) is 26.1. The van der Waals surface area contributed by atoms with E-state index in [0.717, 1.165) is 16.7 Å². The summed E-state index contributed by atoms with van der Waals surface area (Å²) in [7, 11) is 0. The smallest absolute Gasteiger partial charge is 0.261 e. The first-order valence-electron chi connectivity index (χ1n) is 11.6. The van der Waals surface area contributed by atoms with Gasteiger partial charge in [-0.1, -0.05) is 59.6 Å². The zero-order valence-electron chi connectivity index (χ0n) is 20.1. The van der Waals surface area contributed by atoms with Crippen molar-refractivity contribution in [1.29, 1.82) is 5.26 Å². The summed E-state index contributed by atoms with van der Waals surface area (Å²) < 4.78 is 5.98. The van der Waals surface area contributed by atoms with Gasteiger partial charge in [-0.05, 0) is 79.4 Å². The number of carbonyl (C=O) groups is 1. The van der Waals surface area contributed by atoms with Gasteiger partial charge >= 0.3 is 0 Å². The van der Waals surface area contributed by atoms with E-state index in [1.54, 1.807) is 12.1 Å². The van der Waals surface area contributed by atoms with Crippen LogP contribution in [-0.4, -0.2) is 11.8 Å². The van der Waals surface area contributed by atoms with Crippen LogP contribution in [0.4, 0.5) is 0 Å². The summed E-state index contributed by atoms with van der Waals surface area (Å²) in [6, 6.07) is 22.0. The van der Waals surface area contributed by atoms with Crippen molar-refractivity contribution < 1.29 is 9.53 Å². The Hall–Kier alpha value is -2.59. The molecule has 1 heterocycles. The minimum Gasteiger partial charge on any atom is -0.493 e. The van der Waals surface area contributed by atoms with Gasteiger partial charge in [0.05, 0.1) is 30.2 Å². The fourth-order valence-corrected chi connectivity index (χ4v) is 4.96. The van der Waals surface area contributed by atoms with Crippen molar-refractivity contribution in [2.24, 2.45) is 0 Å². The molecule has 0 spiro atoms. The quantitative estimate of drug-likeness (QED) is 0.322.